The molecule has 0 spiro atoms. The van der Waals surface area contributed by atoms with E-state index >= 15 is 0 Å². The number of rotatable bonds is 4. The van der Waals surface area contributed by atoms with E-state index in [1.54, 1.807) is 11.3 Å². The monoisotopic (exact) mass is 591 g/mol. The molecule has 2 aromatic heterocycles. The molecular weight excluding hydrogens is 567 g/mol. The topological polar surface area (TPSA) is 38.7 Å². The summed E-state index contributed by atoms with van der Waals surface area (Å²) in [5, 5.41) is 7.09. The van der Waals surface area contributed by atoms with Gasteiger partial charge in [0.25, 0.3) is 0 Å². The van der Waals surface area contributed by atoms with E-state index in [-0.39, 0.29) is 0 Å². The minimum atomic E-state index is 0.655. The quantitative estimate of drug-likeness (QED) is 0.204. The normalized spacial score (nSPS) is 11.6. The fourth-order valence-electron chi connectivity index (χ4n) is 6.34. The number of aromatic nitrogens is 3. The van der Waals surface area contributed by atoms with Crippen LogP contribution in [0.3, 0.4) is 0 Å². The number of fused-ring (bicyclic) bond motifs is 5. The second-order valence-electron chi connectivity index (χ2n) is 11.3. The zero-order valence-corrected chi connectivity index (χ0v) is 25.0. The Morgan fingerprint density at radius 3 is 1.87 bits per heavy atom. The highest BCUT2D eigenvalue weighted by molar-refractivity contribution is 7.25. The maximum Gasteiger partial charge on any atom is 0.164 e. The molecule has 0 bridgehead atoms. The summed E-state index contributed by atoms with van der Waals surface area (Å²) >= 11 is 1.80. The second kappa shape index (κ2) is 10.5. The molecule has 9 aromatic rings. The molecule has 4 heteroatoms. The molecular formula is C41H25N3S. The first-order chi connectivity index (χ1) is 22.3. The van der Waals surface area contributed by atoms with Crippen molar-refractivity contribution in [3.63, 3.8) is 0 Å². The summed E-state index contributed by atoms with van der Waals surface area (Å²) in [7, 11) is 0. The lowest BCUT2D eigenvalue weighted by atomic mass is 9.95. The lowest BCUT2D eigenvalue weighted by Gasteiger charge is -2.13. The van der Waals surface area contributed by atoms with Crippen molar-refractivity contribution < 1.29 is 0 Å². The molecule has 0 saturated heterocycles. The van der Waals surface area contributed by atoms with Gasteiger partial charge in [-0.15, -0.1) is 11.3 Å². The molecule has 0 amide bonds. The Labute approximate surface area is 264 Å². The van der Waals surface area contributed by atoms with Crippen LogP contribution < -0.4 is 0 Å². The van der Waals surface area contributed by atoms with Crippen LogP contribution in [0.1, 0.15) is 0 Å². The van der Waals surface area contributed by atoms with Gasteiger partial charge in [-0.2, -0.15) is 0 Å². The molecule has 3 nitrogen and oxygen atoms in total. The van der Waals surface area contributed by atoms with Crippen molar-refractivity contribution in [2.75, 3.05) is 0 Å². The van der Waals surface area contributed by atoms with Gasteiger partial charge in [-0.3, -0.25) is 0 Å². The van der Waals surface area contributed by atoms with Gasteiger partial charge in [0.2, 0.25) is 0 Å². The highest BCUT2D eigenvalue weighted by atomic mass is 32.1. The summed E-state index contributed by atoms with van der Waals surface area (Å²) < 4.78 is 2.48. The molecule has 0 aliphatic heterocycles. The summed E-state index contributed by atoms with van der Waals surface area (Å²) in [6.45, 7) is 0. The van der Waals surface area contributed by atoms with Gasteiger partial charge in [-0.25, -0.2) is 15.0 Å². The van der Waals surface area contributed by atoms with E-state index in [1.807, 2.05) is 0 Å². The molecule has 0 fully saturated rings. The van der Waals surface area contributed by atoms with Gasteiger partial charge in [-0.05, 0) is 63.0 Å². The average molecular weight is 592 g/mol. The fraction of sp³-hybridized carbons (Fsp3) is 0. The second-order valence-corrected chi connectivity index (χ2v) is 12.3. The molecule has 210 valence electrons. The van der Waals surface area contributed by atoms with Crippen LogP contribution in [-0.4, -0.2) is 15.0 Å². The highest BCUT2D eigenvalue weighted by Gasteiger charge is 2.18. The number of nitrogens with zero attached hydrogens (tertiary/aromatic N) is 3. The van der Waals surface area contributed by atoms with Crippen LogP contribution in [0.4, 0.5) is 0 Å². The number of benzene rings is 7. The molecule has 0 aliphatic carbocycles. The van der Waals surface area contributed by atoms with Crippen LogP contribution in [0, 0.1) is 0 Å². The first-order valence-electron chi connectivity index (χ1n) is 15.0. The van der Waals surface area contributed by atoms with E-state index in [9.17, 15) is 0 Å². The van der Waals surface area contributed by atoms with Crippen LogP contribution in [0.2, 0.25) is 0 Å². The Kier molecular flexibility index (Phi) is 6.00. The van der Waals surface area contributed by atoms with E-state index in [0.29, 0.717) is 17.5 Å². The van der Waals surface area contributed by atoms with Crippen molar-refractivity contribution in [2.24, 2.45) is 0 Å². The molecule has 9 rings (SSSR count). The molecule has 0 atom stereocenters. The molecule has 0 radical (unpaired) electrons. The van der Waals surface area contributed by atoms with Crippen LogP contribution in [0.15, 0.2) is 152 Å². The van der Waals surface area contributed by atoms with Crippen molar-refractivity contribution in [1.29, 1.82) is 0 Å². The molecule has 0 N–H and O–H groups in total. The minimum Gasteiger partial charge on any atom is -0.208 e. The average Bonchev–Trinajstić information content (AvgIpc) is 3.50. The third-order valence-electron chi connectivity index (χ3n) is 8.49. The predicted octanol–water partition coefficient (Wildman–Crippen LogP) is 11.2. The number of thiophene rings is 1. The Balaban J connectivity index is 1.33. The van der Waals surface area contributed by atoms with E-state index in [1.165, 1.54) is 30.9 Å². The number of hydrogen-bond acceptors (Lipinski definition) is 4. The molecule has 2 heterocycles. The van der Waals surface area contributed by atoms with Gasteiger partial charge in [0.15, 0.2) is 17.5 Å². The Morgan fingerprint density at radius 2 is 1.00 bits per heavy atom. The largest absolute Gasteiger partial charge is 0.208 e. The maximum atomic E-state index is 5.22. The summed E-state index contributed by atoms with van der Waals surface area (Å²) in [6.07, 6.45) is 0. The Bertz CT molecular complexity index is 2550. The van der Waals surface area contributed by atoms with Crippen LogP contribution in [0.25, 0.3) is 87.0 Å². The van der Waals surface area contributed by atoms with Crippen molar-refractivity contribution in [1.82, 2.24) is 15.0 Å². The van der Waals surface area contributed by atoms with Crippen molar-refractivity contribution in [2.45, 2.75) is 0 Å². The summed E-state index contributed by atoms with van der Waals surface area (Å²) in [6, 6.07) is 53.3. The zero-order valence-electron chi connectivity index (χ0n) is 24.2. The molecule has 45 heavy (non-hydrogen) atoms. The molecule has 0 unspecified atom stereocenters. The van der Waals surface area contributed by atoms with Crippen molar-refractivity contribution >= 4 is 53.1 Å². The van der Waals surface area contributed by atoms with Gasteiger partial charge in [0, 0.05) is 36.9 Å². The summed E-state index contributed by atoms with van der Waals surface area (Å²) in [4.78, 5) is 15.5. The van der Waals surface area contributed by atoms with Gasteiger partial charge in [0.05, 0.1) is 0 Å². The maximum absolute atomic E-state index is 5.22. The van der Waals surface area contributed by atoms with E-state index < -0.39 is 0 Å². The summed E-state index contributed by atoms with van der Waals surface area (Å²) in [5.74, 6) is 1.99. The number of hydrogen-bond donors (Lipinski definition) is 0. The third-order valence-corrected chi connectivity index (χ3v) is 9.63. The first kappa shape index (κ1) is 25.8. The zero-order chi connectivity index (χ0) is 29.7. The van der Waals surface area contributed by atoms with Gasteiger partial charge in [-0.1, -0.05) is 121 Å². The Morgan fingerprint density at radius 1 is 0.356 bits per heavy atom. The van der Waals surface area contributed by atoms with Crippen molar-refractivity contribution in [3.8, 4) is 45.3 Å². The van der Waals surface area contributed by atoms with Crippen LogP contribution >= 0.6 is 11.3 Å². The Hall–Kier alpha value is -5.71. The lowest BCUT2D eigenvalue weighted by molar-refractivity contribution is 1.08. The van der Waals surface area contributed by atoms with Crippen molar-refractivity contribution in [3.05, 3.63) is 152 Å². The van der Waals surface area contributed by atoms with E-state index in [2.05, 4.69) is 152 Å². The lowest BCUT2D eigenvalue weighted by Crippen LogP contribution is -2.01. The third kappa shape index (κ3) is 4.46. The van der Waals surface area contributed by atoms with E-state index in [0.717, 1.165) is 38.6 Å². The minimum absolute atomic E-state index is 0.655. The standard InChI is InChI=1S/C41H25N3S/c1-2-12-27(13-3-1)35-25-31(24-29-15-6-7-16-32(29)35)40-42-39(30-22-21-26-11-4-5-14-28(26)23-30)43-41(44-40)34-18-10-20-37-38(34)33-17-8-9-19-36(33)45-37/h1-25H. The molecule has 0 saturated carbocycles. The van der Waals surface area contributed by atoms with Gasteiger partial charge < -0.3 is 0 Å². The van der Waals surface area contributed by atoms with Crippen LogP contribution in [-0.2, 0) is 0 Å². The summed E-state index contributed by atoms with van der Waals surface area (Å²) in [5.41, 5.74) is 5.25. The smallest absolute Gasteiger partial charge is 0.164 e. The van der Waals surface area contributed by atoms with Gasteiger partial charge >= 0.3 is 0 Å². The van der Waals surface area contributed by atoms with Gasteiger partial charge in [0.1, 0.15) is 0 Å². The van der Waals surface area contributed by atoms with Crippen LogP contribution in [0.5, 0.6) is 0 Å². The predicted molar refractivity (Wildman–Crippen MR) is 189 cm³/mol. The van der Waals surface area contributed by atoms with E-state index in [4.69, 9.17) is 15.0 Å². The molecule has 0 aliphatic rings. The molecule has 7 aromatic carbocycles. The highest BCUT2D eigenvalue weighted by Crippen LogP contribution is 2.40. The first-order valence-corrected chi connectivity index (χ1v) is 15.8. The SMILES string of the molecule is c1ccc(-c2cc(-c3nc(-c4ccc5ccccc5c4)nc(-c4cccc5sc6ccccc6c45)n3)cc3ccccc23)cc1. The fourth-order valence-corrected chi connectivity index (χ4v) is 7.47.